The van der Waals surface area contributed by atoms with Crippen molar-refractivity contribution >= 4 is 33.6 Å². The molecule has 0 fully saturated rings. The molecule has 7 heteroatoms. The van der Waals surface area contributed by atoms with Gasteiger partial charge < -0.3 is 16.0 Å². The minimum Gasteiger partial charge on any atom is -0.397 e. The molecule has 0 saturated heterocycles. The number of nitrogen functional groups attached to an aromatic ring is 1. The van der Waals surface area contributed by atoms with Crippen molar-refractivity contribution in [2.24, 2.45) is 5.41 Å². The molecule has 0 aromatic carbocycles. The van der Waals surface area contributed by atoms with Crippen molar-refractivity contribution in [3.8, 4) is 22.5 Å². The second-order valence-corrected chi connectivity index (χ2v) is 11.1. The zero-order valence-electron chi connectivity index (χ0n) is 20.8. The van der Waals surface area contributed by atoms with Gasteiger partial charge in [-0.2, -0.15) is 11.3 Å². The van der Waals surface area contributed by atoms with E-state index >= 15 is 0 Å². The Hall–Kier alpha value is -3.97. The molecular weight excluding hydrogens is 464 g/mol. The summed E-state index contributed by atoms with van der Waals surface area (Å²) >= 11 is 1.67. The predicted octanol–water partition coefficient (Wildman–Crippen LogP) is 7.28. The van der Waals surface area contributed by atoms with Gasteiger partial charge in [0.15, 0.2) is 0 Å². The smallest absolute Gasteiger partial charge is 0.0804 e. The van der Waals surface area contributed by atoms with Crippen LogP contribution in [0.5, 0.6) is 0 Å². The highest BCUT2D eigenvalue weighted by Gasteiger charge is 2.14. The van der Waals surface area contributed by atoms with E-state index in [1.54, 1.807) is 23.7 Å². The van der Waals surface area contributed by atoms with Crippen LogP contribution in [0.15, 0.2) is 78.2 Å². The molecule has 0 bridgehead atoms. The van der Waals surface area contributed by atoms with Crippen LogP contribution >= 0.6 is 11.3 Å². The van der Waals surface area contributed by atoms with E-state index < -0.39 is 0 Å². The number of nitrogens with zero attached hydrogens (tertiary/aromatic N) is 3. The molecule has 0 aliphatic carbocycles. The molecule has 0 atom stereocenters. The van der Waals surface area contributed by atoms with E-state index in [-0.39, 0.29) is 5.41 Å². The number of thiophene rings is 1. The summed E-state index contributed by atoms with van der Waals surface area (Å²) in [5.74, 6) is 0. The second kappa shape index (κ2) is 9.59. The van der Waals surface area contributed by atoms with Gasteiger partial charge in [-0.25, -0.2) is 0 Å². The van der Waals surface area contributed by atoms with E-state index in [2.05, 4.69) is 75.5 Å². The van der Waals surface area contributed by atoms with Gasteiger partial charge in [0.05, 0.1) is 35.2 Å². The number of anilines is 2. The van der Waals surface area contributed by atoms with Crippen LogP contribution in [0.25, 0.3) is 33.4 Å². The molecule has 0 radical (unpaired) electrons. The van der Waals surface area contributed by atoms with E-state index in [1.165, 1.54) is 0 Å². The van der Waals surface area contributed by atoms with E-state index in [0.29, 0.717) is 12.1 Å². The summed E-state index contributed by atoms with van der Waals surface area (Å²) in [7, 11) is 0. The lowest BCUT2D eigenvalue weighted by Crippen LogP contribution is -2.10. The van der Waals surface area contributed by atoms with Crippen LogP contribution in [0.1, 0.15) is 38.4 Å². The number of aromatic nitrogens is 4. The van der Waals surface area contributed by atoms with Crippen molar-refractivity contribution in [1.82, 2.24) is 19.9 Å². The van der Waals surface area contributed by atoms with Crippen molar-refractivity contribution in [1.29, 1.82) is 0 Å². The third-order valence-electron chi connectivity index (χ3n) is 5.90. The Bertz CT molecular complexity index is 1530. The molecule has 0 aliphatic rings. The monoisotopic (exact) mass is 494 g/mol. The number of allylic oxidation sites excluding steroid dienone is 1. The van der Waals surface area contributed by atoms with Crippen LogP contribution < -0.4 is 11.1 Å². The first-order valence-electron chi connectivity index (χ1n) is 11.9. The molecule has 0 spiro atoms. The molecule has 0 amide bonds. The molecule has 5 aromatic heterocycles. The number of hydrogen-bond donors (Lipinski definition) is 3. The zero-order valence-corrected chi connectivity index (χ0v) is 21.6. The van der Waals surface area contributed by atoms with Gasteiger partial charge >= 0.3 is 0 Å². The fourth-order valence-corrected chi connectivity index (χ4v) is 5.04. The summed E-state index contributed by atoms with van der Waals surface area (Å²) in [5, 5.41) is 8.69. The Kier molecular flexibility index (Phi) is 6.33. The highest BCUT2D eigenvalue weighted by atomic mass is 32.1. The van der Waals surface area contributed by atoms with Gasteiger partial charge in [0.25, 0.3) is 0 Å². The van der Waals surface area contributed by atoms with Crippen molar-refractivity contribution in [2.75, 3.05) is 11.1 Å². The molecular formula is C29H30N6S. The highest BCUT2D eigenvalue weighted by molar-refractivity contribution is 7.08. The summed E-state index contributed by atoms with van der Waals surface area (Å²) in [6.07, 6.45) is 8.73. The lowest BCUT2D eigenvalue weighted by atomic mass is 9.91. The third-order valence-corrected chi connectivity index (χ3v) is 6.59. The van der Waals surface area contributed by atoms with Crippen molar-refractivity contribution in [3.05, 3.63) is 89.4 Å². The summed E-state index contributed by atoms with van der Waals surface area (Å²) in [4.78, 5) is 17.2. The fraction of sp³-hybridized carbons (Fsp3) is 0.207. The molecule has 4 N–H and O–H groups in total. The topological polar surface area (TPSA) is 92.5 Å². The molecule has 0 unspecified atom stereocenters. The predicted molar refractivity (Wildman–Crippen MR) is 151 cm³/mol. The number of fused-ring (bicyclic) bond motifs is 1. The fourth-order valence-electron chi connectivity index (χ4n) is 4.40. The number of H-pyrrole nitrogens is 1. The number of nitrogens with one attached hydrogen (secondary N) is 2. The van der Waals surface area contributed by atoms with Crippen LogP contribution in [0.4, 0.5) is 11.4 Å². The Labute approximate surface area is 215 Å². The molecule has 0 aliphatic heterocycles. The van der Waals surface area contributed by atoms with E-state index in [4.69, 9.17) is 5.73 Å². The highest BCUT2D eigenvalue weighted by Crippen LogP contribution is 2.31. The number of pyridine rings is 3. The standard InChI is InChI=1S/C29H30N6S/c1-18(13-29(2,3)4)34-23-10-21(14-31-15-23)27-11-20(25(30)16-33-27)9-22-12-24-26(35-22)5-7-32-28(24)19-6-8-36-17-19/h5-8,10-12,14-17,34-35H,1,9,13,30H2,2-4H3. The van der Waals surface area contributed by atoms with Crippen LogP contribution in [-0.4, -0.2) is 19.9 Å². The largest absolute Gasteiger partial charge is 0.397 e. The minimum atomic E-state index is 0.158. The lowest BCUT2D eigenvalue weighted by molar-refractivity contribution is 0.411. The quantitative estimate of drug-likeness (QED) is 0.221. The summed E-state index contributed by atoms with van der Waals surface area (Å²) in [6.45, 7) is 10.8. The van der Waals surface area contributed by atoms with Crippen molar-refractivity contribution in [2.45, 2.75) is 33.6 Å². The number of nitrogens with two attached hydrogens (primary N) is 1. The van der Waals surface area contributed by atoms with E-state index in [9.17, 15) is 0 Å². The van der Waals surface area contributed by atoms with Gasteiger partial charge in [-0.3, -0.25) is 15.0 Å². The van der Waals surface area contributed by atoms with Gasteiger partial charge in [0.2, 0.25) is 0 Å². The number of rotatable bonds is 7. The Morgan fingerprint density at radius 3 is 2.72 bits per heavy atom. The first-order chi connectivity index (χ1) is 17.2. The maximum absolute atomic E-state index is 6.34. The normalized spacial score (nSPS) is 11.6. The summed E-state index contributed by atoms with van der Waals surface area (Å²) in [5.41, 5.74) is 16.0. The number of aromatic amines is 1. The first kappa shape index (κ1) is 23.8. The molecule has 5 rings (SSSR count). The second-order valence-electron chi connectivity index (χ2n) is 10.3. The molecule has 182 valence electrons. The average molecular weight is 495 g/mol. The molecule has 5 heterocycles. The Balaban J connectivity index is 1.41. The maximum atomic E-state index is 6.34. The molecule has 36 heavy (non-hydrogen) atoms. The summed E-state index contributed by atoms with van der Waals surface area (Å²) < 4.78 is 0. The third kappa shape index (κ3) is 5.31. The van der Waals surface area contributed by atoms with Crippen LogP contribution in [-0.2, 0) is 6.42 Å². The molecule has 0 saturated carbocycles. The molecule has 5 aromatic rings. The van der Waals surface area contributed by atoms with E-state index in [0.717, 1.165) is 62.5 Å². The Morgan fingerprint density at radius 2 is 1.94 bits per heavy atom. The lowest BCUT2D eigenvalue weighted by Gasteiger charge is -2.20. The summed E-state index contributed by atoms with van der Waals surface area (Å²) in [6, 6.07) is 10.4. The van der Waals surface area contributed by atoms with Crippen LogP contribution in [0.3, 0.4) is 0 Å². The first-order valence-corrected chi connectivity index (χ1v) is 12.8. The Morgan fingerprint density at radius 1 is 1.08 bits per heavy atom. The van der Waals surface area contributed by atoms with Gasteiger partial charge in [0, 0.05) is 57.6 Å². The van der Waals surface area contributed by atoms with Gasteiger partial charge in [-0.1, -0.05) is 27.4 Å². The minimum absolute atomic E-state index is 0.158. The van der Waals surface area contributed by atoms with Gasteiger partial charge in [0.1, 0.15) is 0 Å². The van der Waals surface area contributed by atoms with Crippen molar-refractivity contribution in [3.63, 3.8) is 0 Å². The van der Waals surface area contributed by atoms with E-state index in [1.807, 2.05) is 30.6 Å². The SMILES string of the molecule is C=C(CC(C)(C)C)Nc1cncc(-c2cc(Cc3cc4c(-c5ccsc5)nccc4[nH]3)c(N)cn2)c1. The van der Waals surface area contributed by atoms with Gasteiger partial charge in [-0.15, -0.1) is 0 Å². The van der Waals surface area contributed by atoms with Crippen LogP contribution in [0, 0.1) is 5.41 Å². The number of hydrogen-bond acceptors (Lipinski definition) is 6. The maximum Gasteiger partial charge on any atom is 0.0804 e. The average Bonchev–Trinajstić information content (AvgIpc) is 3.49. The van der Waals surface area contributed by atoms with Gasteiger partial charge in [-0.05, 0) is 53.1 Å². The molecule has 6 nitrogen and oxygen atoms in total. The van der Waals surface area contributed by atoms with Crippen LogP contribution in [0.2, 0.25) is 0 Å². The zero-order chi connectivity index (χ0) is 25.3. The van der Waals surface area contributed by atoms with Crippen molar-refractivity contribution < 1.29 is 0 Å².